The van der Waals surface area contributed by atoms with Gasteiger partial charge in [-0.25, -0.2) is 9.07 Å². The largest absolute Gasteiger partial charge is 0.309 e. The summed E-state index contributed by atoms with van der Waals surface area (Å²) in [6, 6.07) is 3.58. The molecule has 102 valence electrons. The zero-order chi connectivity index (χ0) is 14.0. The first-order chi connectivity index (χ1) is 8.97. The number of nitrogens with zero attached hydrogens (tertiary/aromatic N) is 3. The van der Waals surface area contributed by atoms with Crippen LogP contribution in [0.2, 0.25) is 0 Å². The van der Waals surface area contributed by atoms with Gasteiger partial charge in [-0.05, 0) is 40.5 Å². The van der Waals surface area contributed by atoms with E-state index in [9.17, 15) is 4.39 Å². The van der Waals surface area contributed by atoms with Gasteiger partial charge in [0.25, 0.3) is 0 Å². The minimum atomic E-state index is -0.275. The minimum Gasteiger partial charge on any atom is -0.309 e. The van der Waals surface area contributed by atoms with Crippen molar-refractivity contribution in [1.29, 1.82) is 0 Å². The fourth-order valence-electron chi connectivity index (χ4n) is 1.69. The summed E-state index contributed by atoms with van der Waals surface area (Å²) in [5.74, 6) is -0.275. The van der Waals surface area contributed by atoms with Crippen molar-refractivity contribution in [3.8, 4) is 5.69 Å². The second kappa shape index (κ2) is 5.79. The Kier molecular flexibility index (Phi) is 4.31. The molecule has 0 amide bonds. The van der Waals surface area contributed by atoms with Crippen molar-refractivity contribution in [3.63, 3.8) is 0 Å². The van der Waals surface area contributed by atoms with Crippen molar-refractivity contribution in [3.05, 3.63) is 39.9 Å². The normalized spacial score (nSPS) is 11.3. The number of nitrogens with one attached hydrogen (secondary N) is 1. The fraction of sp³-hybridized carbons (Fsp3) is 0.385. The van der Waals surface area contributed by atoms with Gasteiger partial charge >= 0.3 is 0 Å². The Morgan fingerprint density at radius 1 is 1.42 bits per heavy atom. The van der Waals surface area contributed by atoms with Crippen molar-refractivity contribution in [2.75, 3.05) is 0 Å². The van der Waals surface area contributed by atoms with Crippen LogP contribution in [0.25, 0.3) is 5.69 Å². The van der Waals surface area contributed by atoms with E-state index in [0.29, 0.717) is 17.1 Å². The Balaban J connectivity index is 2.25. The number of rotatable bonds is 4. The molecular formula is C13H16BrFN4. The second-order valence-corrected chi connectivity index (χ2v) is 5.60. The summed E-state index contributed by atoms with van der Waals surface area (Å²) in [6.45, 7) is 6.66. The lowest BCUT2D eigenvalue weighted by atomic mass is 10.2. The van der Waals surface area contributed by atoms with Crippen molar-refractivity contribution in [2.45, 2.75) is 33.4 Å². The van der Waals surface area contributed by atoms with Gasteiger partial charge in [-0.2, -0.15) is 0 Å². The van der Waals surface area contributed by atoms with Gasteiger partial charge in [0.1, 0.15) is 5.82 Å². The van der Waals surface area contributed by atoms with Crippen LogP contribution in [0.1, 0.15) is 25.1 Å². The number of hydrogen-bond acceptors (Lipinski definition) is 3. The molecule has 1 aromatic carbocycles. The van der Waals surface area contributed by atoms with Gasteiger partial charge in [0.2, 0.25) is 0 Å². The van der Waals surface area contributed by atoms with Crippen molar-refractivity contribution < 1.29 is 4.39 Å². The van der Waals surface area contributed by atoms with Gasteiger partial charge in [-0.1, -0.05) is 19.1 Å². The molecule has 0 fully saturated rings. The monoisotopic (exact) mass is 326 g/mol. The molecular weight excluding hydrogens is 311 g/mol. The van der Waals surface area contributed by atoms with Gasteiger partial charge in [-0.15, -0.1) is 5.10 Å². The van der Waals surface area contributed by atoms with Crippen LogP contribution in [0.3, 0.4) is 0 Å². The smallest absolute Gasteiger partial charge is 0.137 e. The van der Waals surface area contributed by atoms with E-state index in [1.54, 1.807) is 10.7 Å². The highest BCUT2D eigenvalue weighted by atomic mass is 79.9. The first-order valence-corrected chi connectivity index (χ1v) is 6.87. The number of benzene rings is 1. The van der Waals surface area contributed by atoms with E-state index in [-0.39, 0.29) is 5.82 Å². The number of aryl methyl sites for hydroxylation is 1. The maximum Gasteiger partial charge on any atom is 0.137 e. The molecule has 0 bridgehead atoms. The van der Waals surface area contributed by atoms with Crippen LogP contribution in [-0.2, 0) is 6.54 Å². The topological polar surface area (TPSA) is 42.7 Å². The lowest BCUT2D eigenvalue weighted by Gasteiger charge is -2.06. The molecule has 0 saturated heterocycles. The van der Waals surface area contributed by atoms with Crippen LogP contribution in [0.5, 0.6) is 0 Å². The van der Waals surface area contributed by atoms with Gasteiger partial charge in [0.05, 0.1) is 22.1 Å². The third kappa shape index (κ3) is 3.39. The van der Waals surface area contributed by atoms with E-state index in [0.717, 1.165) is 16.9 Å². The molecule has 0 aliphatic carbocycles. The third-order valence-corrected chi connectivity index (χ3v) is 3.33. The van der Waals surface area contributed by atoms with Crippen LogP contribution in [0, 0.1) is 12.7 Å². The number of aromatic nitrogens is 3. The molecule has 0 aliphatic rings. The summed E-state index contributed by atoms with van der Waals surface area (Å²) >= 11 is 3.19. The van der Waals surface area contributed by atoms with E-state index in [1.165, 1.54) is 6.07 Å². The zero-order valence-electron chi connectivity index (χ0n) is 11.1. The second-order valence-electron chi connectivity index (χ2n) is 4.74. The summed E-state index contributed by atoms with van der Waals surface area (Å²) in [5.41, 5.74) is 2.49. The molecule has 2 aromatic rings. The summed E-state index contributed by atoms with van der Waals surface area (Å²) < 4.78 is 15.5. The van der Waals surface area contributed by atoms with E-state index in [1.807, 2.05) is 13.1 Å². The zero-order valence-corrected chi connectivity index (χ0v) is 12.7. The first kappa shape index (κ1) is 14.1. The molecule has 0 saturated carbocycles. The molecule has 1 heterocycles. The Hall–Kier alpha value is -1.27. The number of hydrogen-bond donors (Lipinski definition) is 1. The van der Waals surface area contributed by atoms with E-state index >= 15 is 0 Å². The Morgan fingerprint density at radius 2 is 2.16 bits per heavy atom. The summed E-state index contributed by atoms with van der Waals surface area (Å²) in [7, 11) is 0. The average Bonchev–Trinajstić information content (AvgIpc) is 2.80. The van der Waals surface area contributed by atoms with Crippen LogP contribution in [0.4, 0.5) is 4.39 Å². The minimum absolute atomic E-state index is 0.275. The molecule has 4 nitrogen and oxygen atoms in total. The molecule has 1 aromatic heterocycles. The molecule has 0 spiro atoms. The van der Waals surface area contributed by atoms with Crippen LogP contribution < -0.4 is 5.32 Å². The highest BCUT2D eigenvalue weighted by Crippen LogP contribution is 2.22. The molecule has 0 radical (unpaired) electrons. The quantitative estimate of drug-likeness (QED) is 0.939. The fourth-order valence-corrected chi connectivity index (χ4v) is 2.02. The molecule has 1 N–H and O–H groups in total. The average molecular weight is 327 g/mol. The maximum atomic E-state index is 13.4. The van der Waals surface area contributed by atoms with Gasteiger partial charge in [0, 0.05) is 12.6 Å². The standard InChI is InChI=1S/C13H16BrFN4/c1-8(2)16-6-10-7-19(18-17-10)13-5-11(14)12(15)4-9(13)3/h4-5,7-8,16H,6H2,1-3H3. The van der Waals surface area contributed by atoms with Crippen LogP contribution in [-0.4, -0.2) is 21.0 Å². The highest BCUT2D eigenvalue weighted by molar-refractivity contribution is 9.10. The van der Waals surface area contributed by atoms with E-state index in [2.05, 4.69) is 45.4 Å². The van der Waals surface area contributed by atoms with Crippen LogP contribution in [0.15, 0.2) is 22.8 Å². The van der Waals surface area contributed by atoms with Crippen molar-refractivity contribution in [2.24, 2.45) is 0 Å². The Bertz CT molecular complexity index is 580. The summed E-state index contributed by atoms with van der Waals surface area (Å²) in [6.07, 6.45) is 1.85. The SMILES string of the molecule is Cc1cc(F)c(Br)cc1-n1cc(CNC(C)C)nn1. The number of halogens is 2. The summed E-state index contributed by atoms with van der Waals surface area (Å²) in [5, 5.41) is 11.5. The van der Waals surface area contributed by atoms with Crippen molar-refractivity contribution >= 4 is 15.9 Å². The van der Waals surface area contributed by atoms with Gasteiger partial charge < -0.3 is 5.32 Å². The predicted octanol–water partition coefficient (Wildman–Crippen LogP) is 2.98. The highest BCUT2D eigenvalue weighted by Gasteiger charge is 2.09. The lowest BCUT2D eigenvalue weighted by Crippen LogP contribution is -2.21. The predicted molar refractivity (Wildman–Crippen MR) is 75.7 cm³/mol. The molecule has 6 heteroatoms. The van der Waals surface area contributed by atoms with Crippen molar-refractivity contribution in [1.82, 2.24) is 20.3 Å². The van der Waals surface area contributed by atoms with Gasteiger partial charge in [-0.3, -0.25) is 0 Å². The Morgan fingerprint density at radius 3 is 2.84 bits per heavy atom. The lowest BCUT2D eigenvalue weighted by molar-refractivity contribution is 0.580. The van der Waals surface area contributed by atoms with E-state index < -0.39 is 0 Å². The molecule has 2 rings (SSSR count). The third-order valence-electron chi connectivity index (χ3n) is 2.72. The summed E-state index contributed by atoms with van der Waals surface area (Å²) in [4.78, 5) is 0. The maximum absolute atomic E-state index is 13.4. The molecule has 19 heavy (non-hydrogen) atoms. The molecule has 0 unspecified atom stereocenters. The Labute approximate surface area is 120 Å². The first-order valence-electron chi connectivity index (χ1n) is 6.08. The van der Waals surface area contributed by atoms with E-state index in [4.69, 9.17) is 0 Å². The molecule has 0 atom stereocenters. The van der Waals surface area contributed by atoms with Crippen LogP contribution >= 0.6 is 15.9 Å². The molecule has 0 aliphatic heterocycles. The van der Waals surface area contributed by atoms with Gasteiger partial charge in [0.15, 0.2) is 0 Å².